The zero-order valence-electron chi connectivity index (χ0n) is 16.5. The van der Waals surface area contributed by atoms with Crippen LogP contribution in [0.1, 0.15) is 45.7 Å². The molecule has 2 aromatic carbocycles. The molecule has 0 fully saturated rings. The molecule has 146 valence electrons. The molecular formula is C23H25FN2O2. The van der Waals surface area contributed by atoms with E-state index >= 15 is 0 Å². The molecule has 0 N–H and O–H groups in total. The minimum atomic E-state index is -0.467. The van der Waals surface area contributed by atoms with Crippen molar-refractivity contribution in [3.05, 3.63) is 60.0 Å². The van der Waals surface area contributed by atoms with Crippen LogP contribution in [0.15, 0.2) is 48.5 Å². The Bertz CT molecular complexity index is 980. The summed E-state index contributed by atoms with van der Waals surface area (Å²) in [5.74, 6) is -0.495. The van der Waals surface area contributed by atoms with Crippen LogP contribution in [-0.2, 0) is 16.0 Å². The molecule has 1 aromatic heterocycles. The Morgan fingerprint density at radius 1 is 1.00 bits per heavy atom. The first-order valence-corrected chi connectivity index (χ1v) is 9.55. The second kappa shape index (κ2) is 8.46. The monoisotopic (exact) mass is 380 g/mol. The average Bonchev–Trinajstić information content (AvgIpc) is 2.63. The highest BCUT2D eigenvalue weighted by atomic mass is 19.1. The number of benzene rings is 2. The molecule has 0 saturated heterocycles. The van der Waals surface area contributed by atoms with Gasteiger partial charge in [0, 0.05) is 12.0 Å². The maximum Gasteiger partial charge on any atom is 0.306 e. The van der Waals surface area contributed by atoms with E-state index in [0.29, 0.717) is 30.5 Å². The van der Waals surface area contributed by atoms with Gasteiger partial charge in [-0.05, 0) is 64.3 Å². The highest BCUT2D eigenvalue weighted by molar-refractivity contribution is 5.78. The third-order valence-electron chi connectivity index (χ3n) is 4.21. The van der Waals surface area contributed by atoms with Crippen molar-refractivity contribution < 1.29 is 13.9 Å². The molecule has 5 heteroatoms. The summed E-state index contributed by atoms with van der Waals surface area (Å²) in [6.45, 7) is 5.59. The lowest BCUT2D eigenvalue weighted by atomic mass is 10.0. The molecule has 3 aromatic rings. The molecule has 0 aliphatic heterocycles. The van der Waals surface area contributed by atoms with Crippen LogP contribution in [-0.4, -0.2) is 21.5 Å². The molecule has 0 aliphatic rings. The molecule has 0 bridgehead atoms. The van der Waals surface area contributed by atoms with E-state index < -0.39 is 5.60 Å². The van der Waals surface area contributed by atoms with Gasteiger partial charge in [-0.15, -0.1) is 0 Å². The van der Waals surface area contributed by atoms with Crippen LogP contribution in [0, 0.1) is 5.82 Å². The number of hydrogen-bond acceptors (Lipinski definition) is 4. The molecule has 0 atom stereocenters. The first kappa shape index (κ1) is 19.9. The molecule has 0 amide bonds. The van der Waals surface area contributed by atoms with E-state index in [1.807, 2.05) is 51.1 Å². The fourth-order valence-electron chi connectivity index (χ4n) is 3.03. The van der Waals surface area contributed by atoms with Crippen LogP contribution in [0.3, 0.4) is 0 Å². The lowest BCUT2D eigenvalue weighted by Crippen LogP contribution is -2.23. The number of fused-ring (bicyclic) bond motifs is 1. The number of unbranched alkanes of at least 4 members (excludes halogenated alkanes) is 1. The Hall–Kier alpha value is -2.82. The standard InChI is InChI=1S/C23H25FN2O2/c1-23(2,3)28-21(27)14-7-6-13-20-22(16-9-8-10-17(24)15-16)26-19-12-5-4-11-18(19)25-20/h4-5,8-12,15H,6-7,13-14H2,1-3H3. The predicted molar refractivity (Wildman–Crippen MR) is 108 cm³/mol. The van der Waals surface area contributed by atoms with Gasteiger partial charge in [0.25, 0.3) is 0 Å². The van der Waals surface area contributed by atoms with Gasteiger partial charge in [0.2, 0.25) is 0 Å². The number of nitrogens with zero attached hydrogens (tertiary/aromatic N) is 2. The molecule has 0 spiro atoms. The Morgan fingerprint density at radius 2 is 1.71 bits per heavy atom. The predicted octanol–water partition coefficient (Wildman–Crippen LogP) is 5.49. The van der Waals surface area contributed by atoms with E-state index in [9.17, 15) is 9.18 Å². The van der Waals surface area contributed by atoms with E-state index in [4.69, 9.17) is 14.7 Å². The Morgan fingerprint density at radius 3 is 2.39 bits per heavy atom. The SMILES string of the molecule is CC(C)(C)OC(=O)CCCCc1nc2ccccc2nc1-c1cccc(F)c1. The van der Waals surface area contributed by atoms with Crippen molar-refractivity contribution >= 4 is 17.0 Å². The fourth-order valence-corrected chi connectivity index (χ4v) is 3.03. The normalized spacial score (nSPS) is 11.6. The summed E-state index contributed by atoms with van der Waals surface area (Å²) in [7, 11) is 0. The van der Waals surface area contributed by atoms with Gasteiger partial charge >= 0.3 is 5.97 Å². The summed E-state index contributed by atoms with van der Waals surface area (Å²) in [5.41, 5.74) is 3.33. The molecule has 3 rings (SSSR count). The number of rotatable bonds is 6. The number of carbonyl (C=O) groups is 1. The summed E-state index contributed by atoms with van der Waals surface area (Å²) in [6.07, 6.45) is 2.50. The third kappa shape index (κ3) is 5.35. The van der Waals surface area contributed by atoms with E-state index in [0.717, 1.165) is 23.1 Å². The first-order chi connectivity index (χ1) is 13.3. The second-order valence-corrected chi connectivity index (χ2v) is 7.81. The molecule has 0 aliphatic carbocycles. The van der Waals surface area contributed by atoms with Crippen molar-refractivity contribution in [1.29, 1.82) is 0 Å². The molecule has 0 saturated carbocycles. The van der Waals surface area contributed by atoms with Crippen LogP contribution < -0.4 is 0 Å². The minimum Gasteiger partial charge on any atom is -0.460 e. The van der Waals surface area contributed by atoms with Crippen LogP contribution in [0.25, 0.3) is 22.3 Å². The lowest BCUT2D eigenvalue weighted by molar-refractivity contribution is -0.154. The summed E-state index contributed by atoms with van der Waals surface area (Å²) < 4.78 is 19.1. The van der Waals surface area contributed by atoms with Gasteiger partial charge in [0.15, 0.2) is 0 Å². The number of aromatic nitrogens is 2. The van der Waals surface area contributed by atoms with Crippen molar-refractivity contribution in [2.24, 2.45) is 0 Å². The van der Waals surface area contributed by atoms with Crippen LogP contribution in [0.4, 0.5) is 4.39 Å². The van der Waals surface area contributed by atoms with Gasteiger partial charge in [-0.25, -0.2) is 14.4 Å². The molecule has 4 nitrogen and oxygen atoms in total. The minimum absolute atomic E-state index is 0.192. The molecule has 0 radical (unpaired) electrons. The Labute approximate surface area is 164 Å². The van der Waals surface area contributed by atoms with Gasteiger partial charge in [-0.3, -0.25) is 4.79 Å². The maximum atomic E-state index is 13.7. The van der Waals surface area contributed by atoms with E-state index in [1.54, 1.807) is 6.07 Å². The fraction of sp³-hybridized carbons (Fsp3) is 0.348. The van der Waals surface area contributed by atoms with Gasteiger partial charge in [-0.2, -0.15) is 0 Å². The Balaban J connectivity index is 1.77. The number of esters is 1. The number of carbonyl (C=O) groups excluding carboxylic acids is 1. The molecular weight excluding hydrogens is 355 g/mol. The number of hydrogen-bond donors (Lipinski definition) is 0. The summed E-state index contributed by atoms with van der Waals surface area (Å²) in [4.78, 5) is 21.4. The number of para-hydroxylation sites is 2. The number of aryl methyl sites for hydroxylation is 1. The van der Waals surface area contributed by atoms with Gasteiger partial charge < -0.3 is 4.74 Å². The summed E-state index contributed by atoms with van der Waals surface area (Å²) >= 11 is 0. The van der Waals surface area contributed by atoms with Crippen molar-refractivity contribution in [3.8, 4) is 11.3 Å². The van der Waals surface area contributed by atoms with Gasteiger partial charge in [0.05, 0.1) is 22.4 Å². The van der Waals surface area contributed by atoms with E-state index in [2.05, 4.69) is 0 Å². The average molecular weight is 380 g/mol. The van der Waals surface area contributed by atoms with Crippen LogP contribution >= 0.6 is 0 Å². The summed E-state index contributed by atoms with van der Waals surface area (Å²) in [6, 6.07) is 14.1. The first-order valence-electron chi connectivity index (χ1n) is 9.55. The molecule has 28 heavy (non-hydrogen) atoms. The van der Waals surface area contributed by atoms with Crippen LogP contribution in [0.2, 0.25) is 0 Å². The summed E-state index contributed by atoms with van der Waals surface area (Å²) in [5, 5.41) is 0. The third-order valence-corrected chi connectivity index (χ3v) is 4.21. The van der Waals surface area contributed by atoms with Crippen molar-refractivity contribution in [1.82, 2.24) is 9.97 Å². The highest BCUT2D eigenvalue weighted by Gasteiger charge is 2.16. The highest BCUT2D eigenvalue weighted by Crippen LogP contribution is 2.25. The molecule has 1 heterocycles. The topological polar surface area (TPSA) is 52.1 Å². The van der Waals surface area contributed by atoms with Crippen molar-refractivity contribution in [2.45, 2.75) is 52.1 Å². The van der Waals surface area contributed by atoms with Gasteiger partial charge in [0.1, 0.15) is 11.4 Å². The van der Waals surface area contributed by atoms with Crippen molar-refractivity contribution in [2.75, 3.05) is 0 Å². The van der Waals surface area contributed by atoms with Crippen LogP contribution in [0.5, 0.6) is 0 Å². The number of halogens is 1. The zero-order chi connectivity index (χ0) is 20.1. The smallest absolute Gasteiger partial charge is 0.306 e. The van der Waals surface area contributed by atoms with Gasteiger partial charge in [-0.1, -0.05) is 24.3 Å². The zero-order valence-corrected chi connectivity index (χ0v) is 16.5. The van der Waals surface area contributed by atoms with E-state index in [1.165, 1.54) is 12.1 Å². The Kier molecular flexibility index (Phi) is 6.02. The van der Waals surface area contributed by atoms with E-state index in [-0.39, 0.29) is 11.8 Å². The largest absolute Gasteiger partial charge is 0.460 e. The molecule has 0 unspecified atom stereocenters. The lowest BCUT2D eigenvalue weighted by Gasteiger charge is -2.19. The quantitative estimate of drug-likeness (QED) is 0.419. The van der Waals surface area contributed by atoms with Crippen molar-refractivity contribution in [3.63, 3.8) is 0 Å². The maximum absolute atomic E-state index is 13.7. The second-order valence-electron chi connectivity index (χ2n) is 7.81. The number of ether oxygens (including phenoxy) is 1.